The van der Waals surface area contributed by atoms with Gasteiger partial charge in [0.05, 0.1) is 24.6 Å². The largest absolute Gasteiger partial charge is 0.495 e. The van der Waals surface area contributed by atoms with E-state index < -0.39 is 16.0 Å². The van der Waals surface area contributed by atoms with Crippen LogP contribution >= 0.6 is 0 Å². The molecule has 0 radical (unpaired) electrons. The van der Waals surface area contributed by atoms with Crippen molar-refractivity contribution in [3.63, 3.8) is 0 Å². The van der Waals surface area contributed by atoms with Crippen LogP contribution in [0.1, 0.15) is 10.4 Å². The molecule has 0 saturated carbocycles. The zero-order valence-corrected chi connectivity index (χ0v) is 11.8. The fraction of sp³-hybridized carbons (Fsp3) is 0.0769. The van der Waals surface area contributed by atoms with Gasteiger partial charge in [0.2, 0.25) is 0 Å². The highest BCUT2D eigenvalue weighted by molar-refractivity contribution is 7.92. The Bertz CT molecular complexity index is 759. The maximum absolute atomic E-state index is 12.3. The van der Waals surface area contributed by atoms with Crippen molar-refractivity contribution in [3.8, 4) is 5.75 Å². The molecular weight excluding hydrogens is 296 g/mol. The van der Waals surface area contributed by atoms with Gasteiger partial charge in [-0.05, 0) is 30.3 Å². The molecule has 1 aromatic carbocycles. The molecule has 0 bridgehead atoms. The summed E-state index contributed by atoms with van der Waals surface area (Å²) in [4.78, 5) is 14.5. The van der Waals surface area contributed by atoms with Crippen molar-refractivity contribution in [1.29, 1.82) is 0 Å². The molecule has 2 rings (SSSR count). The summed E-state index contributed by atoms with van der Waals surface area (Å²) in [5, 5.41) is 8.90. The van der Waals surface area contributed by atoms with Gasteiger partial charge >= 0.3 is 5.97 Å². The second-order valence-electron chi connectivity index (χ2n) is 4.02. The highest BCUT2D eigenvalue weighted by atomic mass is 32.2. The van der Waals surface area contributed by atoms with E-state index in [1.165, 1.54) is 31.6 Å². The fourth-order valence-electron chi connectivity index (χ4n) is 1.66. The minimum atomic E-state index is -3.91. The van der Waals surface area contributed by atoms with E-state index >= 15 is 0 Å². The van der Waals surface area contributed by atoms with Gasteiger partial charge in [0.25, 0.3) is 10.0 Å². The molecule has 7 nitrogen and oxygen atoms in total. The van der Waals surface area contributed by atoms with E-state index in [4.69, 9.17) is 9.84 Å². The highest BCUT2D eigenvalue weighted by Crippen LogP contribution is 2.26. The van der Waals surface area contributed by atoms with Gasteiger partial charge in [0.1, 0.15) is 10.6 Å². The van der Waals surface area contributed by atoms with Crippen LogP contribution in [0.4, 0.5) is 5.69 Å². The number of nitrogens with zero attached hydrogens (tertiary/aromatic N) is 1. The number of anilines is 1. The maximum atomic E-state index is 12.3. The van der Waals surface area contributed by atoms with Crippen molar-refractivity contribution in [3.05, 3.63) is 48.3 Å². The molecule has 2 aromatic rings. The number of carboxylic acid groups (broad SMARTS) is 1. The lowest BCUT2D eigenvalue weighted by atomic mass is 10.2. The third kappa shape index (κ3) is 3.29. The first-order chi connectivity index (χ1) is 9.94. The first-order valence-corrected chi connectivity index (χ1v) is 7.26. The van der Waals surface area contributed by atoms with Gasteiger partial charge in [-0.1, -0.05) is 0 Å². The van der Waals surface area contributed by atoms with Crippen LogP contribution in [0.5, 0.6) is 5.75 Å². The SMILES string of the molecule is COc1cc(C(=O)O)ccc1S(=O)(=O)Nc1cccnc1. The molecule has 2 N–H and O–H groups in total. The van der Waals surface area contributed by atoms with Crippen molar-refractivity contribution >= 4 is 21.7 Å². The molecular formula is C13H12N2O5S. The van der Waals surface area contributed by atoms with Gasteiger partial charge in [-0.3, -0.25) is 9.71 Å². The van der Waals surface area contributed by atoms with E-state index in [0.717, 1.165) is 6.07 Å². The van der Waals surface area contributed by atoms with Gasteiger partial charge in [0.15, 0.2) is 0 Å². The molecule has 0 atom stereocenters. The van der Waals surface area contributed by atoms with Crippen molar-refractivity contribution in [1.82, 2.24) is 4.98 Å². The van der Waals surface area contributed by atoms with Crippen LogP contribution < -0.4 is 9.46 Å². The van der Waals surface area contributed by atoms with Crippen molar-refractivity contribution in [2.24, 2.45) is 0 Å². The van der Waals surface area contributed by atoms with E-state index in [1.54, 1.807) is 12.1 Å². The lowest BCUT2D eigenvalue weighted by Gasteiger charge is -2.11. The predicted octanol–water partition coefficient (Wildman–Crippen LogP) is 1.59. The summed E-state index contributed by atoms with van der Waals surface area (Å²) in [7, 11) is -2.64. The van der Waals surface area contributed by atoms with Crippen LogP contribution in [0.2, 0.25) is 0 Å². The Morgan fingerprint density at radius 3 is 2.67 bits per heavy atom. The average Bonchev–Trinajstić information content (AvgIpc) is 2.47. The summed E-state index contributed by atoms with van der Waals surface area (Å²) in [5.41, 5.74) is 0.231. The van der Waals surface area contributed by atoms with Crippen LogP contribution in [0, 0.1) is 0 Å². The van der Waals surface area contributed by atoms with Crippen LogP contribution in [-0.4, -0.2) is 31.6 Å². The molecule has 0 spiro atoms. The minimum Gasteiger partial charge on any atom is -0.495 e. The molecule has 110 valence electrons. The topological polar surface area (TPSA) is 106 Å². The standard InChI is InChI=1S/C13H12N2O5S/c1-20-11-7-9(13(16)17)4-5-12(11)21(18,19)15-10-3-2-6-14-8-10/h2-8,15H,1H3,(H,16,17). The van der Waals surface area contributed by atoms with Gasteiger partial charge < -0.3 is 9.84 Å². The number of benzene rings is 1. The number of hydrogen-bond acceptors (Lipinski definition) is 5. The number of methoxy groups -OCH3 is 1. The van der Waals surface area contributed by atoms with E-state index in [0.29, 0.717) is 5.69 Å². The molecule has 8 heteroatoms. The van der Waals surface area contributed by atoms with Gasteiger partial charge in [-0.25, -0.2) is 13.2 Å². The molecule has 0 fully saturated rings. The number of rotatable bonds is 5. The average molecular weight is 308 g/mol. The van der Waals surface area contributed by atoms with Crippen LogP contribution in [0.25, 0.3) is 0 Å². The second kappa shape index (κ2) is 5.80. The summed E-state index contributed by atoms with van der Waals surface area (Å²) in [6, 6.07) is 6.66. The quantitative estimate of drug-likeness (QED) is 0.869. The highest BCUT2D eigenvalue weighted by Gasteiger charge is 2.21. The number of sulfonamides is 1. The van der Waals surface area contributed by atoms with Gasteiger partial charge in [-0.15, -0.1) is 0 Å². The summed E-state index contributed by atoms with van der Waals surface area (Å²) in [5.74, 6) is -1.22. The van der Waals surface area contributed by atoms with Gasteiger partial charge in [0, 0.05) is 6.20 Å². The molecule has 0 aliphatic heterocycles. The minimum absolute atomic E-state index is 0.0497. The Labute approximate surface area is 121 Å². The number of carboxylic acids is 1. The Hall–Kier alpha value is -2.61. The summed E-state index contributed by atoms with van der Waals surface area (Å²) < 4.78 is 31.9. The Kier molecular flexibility index (Phi) is 4.08. The number of aromatic carboxylic acids is 1. The predicted molar refractivity (Wildman–Crippen MR) is 75.0 cm³/mol. The normalized spacial score (nSPS) is 10.9. The zero-order chi connectivity index (χ0) is 15.5. The number of hydrogen-bond donors (Lipinski definition) is 2. The van der Waals surface area contributed by atoms with Crippen molar-refractivity contribution in [2.45, 2.75) is 4.90 Å². The number of nitrogens with one attached hydrogen (secondary N) is 1. The van der Waals surface area contributed by atoms with Gasteiger partial charge in [-0.2, -0.15) is 0 Å². The maximum Gasteiger partial charge on any atom is 0.335 e. The smallest absolute Gasteiger partial charge is 0.335 e. The number of carbonyl (C=O) groups is 1. The van der Waals surface area contributed by atoms with Crippen molar-refractivity contribution < 1.29 is 23.1 Å². The number of aromatic nitrogens is 1. The lowest BCUT2D eigenvalue weighted by Crippen LogP contribution is -2.14. The summed E-state index contributed by atoms with van der Waals surface area (Å²) >= 11 is 0. The van der Waals surface area contributed by atoms with Crippen LogP contribution in [0.3, 0.4) is 0 Å². The zero-order valence-electron chi connectivity index (χ0n) is 11.0. The lowest BCUT2D eigenvalue weighted by molar-refractivity contribution is 0.0696. The Morgan fingerprint density at radius 2 is 2.10 bits per heavy atom. The first-order valence-electron chi connectivity index (χ1n) is 5.78. The number of pyridine rings is 1. The molecule has 0 saturated heterocycles. The van der Waals surface area contributed by atoms with E-state index in [-0.39, 0.29) is 16.2 Å². The molecule has 0 aliphatic carbocycles. The first kappa shape index (κ1) is 14.8. The third-order valence-corrected chi connectivity index (χ3v) is 4.03. The van der Waals surface area contributed by atoms with Crippen LogP contribution in [0.15, 0.2) is 47.6 Å². The monoisotopic (exact) mass is 308 g/mol. The molecule has 0 aliphatic rings. The Morgan fingerprint density at radius 1 is 1.33 bits per heavy atom. The van der Waals surface area contributed by atoms with Crippen molar-refractivity contribution in [2.75, 3.05) is 11.8 Å². The molecule has 1 aromatic heterocycles. The van der Waals surface area contributed by atoms with E-state index in [9.17, 15) is 13.2 Å². The molecule has 0 amide bonds. The van der Waals surface area contributed by atoms with Crippen LogP contribution in [-0.2, 0) is 10.0 Å². The Balaban J connectivity index is 2.42. The second-order valence-corrected chi connectivity index (χ2v) is 5.67. The van der Waals surface area contributed by atoms with E-state index in [1.807, 2.05) is 0 Å². The third-order valence-electron chi connectivity index (χ3n) is 2.61. The van der Waals surface area contributed by atoms with E-state index in [2.05, 4.69) is 9.71 Å². The fourth-order valence-corrected chi connectivity index (χ4v) is 2.85. The molecule has 1 heterocycles. The summed E-state index contributed by atoms with van der Waals surface area (Å²) in [6.07, 6.45) is 2.87. The number of ether oxygens (including phenoxy) is 1. The summed E-state index contributed by atoms with van der Waals surface area (Å²) in [6.45, 7) is 0. The molecule has 21 heavy (non-hydrogen) atoms. The molecule has 0 unspecified atom stereocenters.